The summed E-state index contributed by atoms with van der Waals surface area (Å²) < 4.78 is 5.62. The van der Waals surface area contributed by atoms with Gasteiger partial charge in [0.25, 0.3) is 0 Å². The van der Waals surface area contributed by atoms with Gasteiger partial charge >= 0.3 is 0 Å². The third-order valence-corrected chi connectivity index (χ3v) is 6.09. The molecule has 0 N–H and O–H groups in total. The molecule has 2 nitrogen and oxygen atoms in total. The number of rotatable bonds is 1. The van der Waals surface area contributed by atoms with Crippen LogP contribution in [0.2, 0.25) is 0 Å². The Morgan fingerprint density at radius 1 is 1.13 bits per heavy atom. The smallest absolute Gasteiger partial charge is 0.145 e. The lowest BCUT2D eigenvalue weighted by Crippen LogP contribution is -2.48. The van der Waals surface area contributed by atoms with Gasteiger partial charge in [0, 0.05) is 11.0 Å². The van der Waals surface area contributed by atoms with E-state index >= 15 is 0 Å². The molecule has 120 valence electrons. The Morgan fingerprint density at radius 3 is 2.70 bits per heavy atom. The molecule has 2 aliphatic carbocycles. The Balaban J connectivity index is 1.68. The molecule has 2 atom stereocenters. The molecule has 0 saturated heterocycles. The lowest BCUT2D eigenvalue weighted by Gasteiger charge is -2.52. The maximum absolute atomic E-state index is 5.62. The van der Waals surface area contributed by atoms with Crippen molar-refractivity contribution in [1.82, 2.24) is 5.16 Å². The van der Waals surface area contributed by atoms with Gasteiger partial charge in [-0.25, -0.2) is 0 Å². The predicted molar refractivity (Wildman–Crippen MR) is 93.1 cm³/mol. The van der Waals surface area contributed by atoms with Gasteiger partial charge in [-0.15, -0.1) is 0 Å². The molecule has 0 bridgehead atoms. The van der Waals surface area contributed by atoms with E-state index in [9.17, 15) is 0 Å². The van der Waals surface area contributed by atoms with Crippen LogP contribution in [0.1, 0.15) is 56.9 Å². The second-order valence-electron chi connectivity index (χ2n) is 8.21. The van der Waals surface area contributed by atoms with Gasteiger partial charge in [-0.05, 0) is 42.6 Å². The molecule has 1 fully saturated rings. The van der Waals surface area contributed by atoms with E-state index in [4.69, 9.17) is 4.52 Å². The first-order chi connectivity index (χ1) is 11.0. The highest BCUT2D eigenvalue weighted by Gasteiger charge is 2.52. The molecule has 2 heteroatoms. The van der Waals surface area contributed by atoms with E-state index < -0.39 is 0 Å². The van der Waals surface area contributed by atoms with E-state index in [0.29, 0.717) is 11.3 Å². The molecular formula is C21H25NO. The molecule has 0 amide bonds. The second kappa shape index (κ2) is 5.09. The van der Waals surface area contributed by atoms with Crippen LogP contribution in [0, 0.1) is 11.3 Å². The molecule has 2 aliphatic rings. The van der Waals surface area contributed by atoms with Crippen molar-refractivity contribution in [2.75, 3.05) is 0 Å². The lowest BCUT2D eigenvalue weighted by atomic mass is 9.51. The normalized spacial score (nSPS) is 30.7. The van der Waals surface area contributed by atoms with Crippen molar-refractivity contribution in [3.8, 4) is 0 Å². The molecule has 0 radical (unpaired) electrons. The summed E-state index contributed by atoms with van der Waals surface area (Å²) in [6.07, 6.45) is 9.04. The van der Waals surface area contributed by atoms with Crippen molar-refractivity contribution in [3.63, 3.8) is 0 Å². The number of fused-ring (bicyclic) bond motifs is 2. The molecule has 1 heterocycles. The van der Waals surface area contributed by atoms with Crippen LogP contribution in [0.15, 0.2) is 46.6 Å². The molecule has 0 spiro atoms. The maximum Gasteiger partial charge on any atom is 0.145 e. The fourth-order valence-corrected chi connectivity index (χ4v) is 5.24. The number of allylic oxidation sites excluding steroid dienone is 1. The molecule has 1 saturated carbocycles. The van der Waals surface area contributed by atoms with Gasteiger partial charge in [-0.2, -0.15) is 0 Å². The van der Waals surface area contributed by atoms with Crippen molar-refractivity contribution in [1.29, 1.82) is 0 Å². The lowest BCUT2D eigenvalue weighted by molar-refractivity contribution is 0.0470. The Kier molecular flexibility index (Phi) is 3.26. The zero-order valence-electron chi connectivity index (χ0n) is 14.3. The third-order valence-electron chi connectivity index (χ3n) is 6.09. The molecule has 2 aromatic rings. The second-order valence-corrected chi connectivity index (χ2v) is 8.21. The molecule has 1 aromatic heterocycles. The molecule has 23 heavy (non-hydrogen) atoms. The van der Waals surface area contributed by atoms with Crippen molar-refractivity contribution < 1.29 is 4.52 Å². The van der Waals surface area contributed by atoms with Gasteiger partial charge in [0.05, 0.1) is 6.20 Å². The third kappa shape index (κ3) is 2.36. The van der Waals surface area contributed by atoms with Crippen LogP contribution >= 0.6 is 0 Å². The van der Waals surface area contributed by atoms with E-state index in [1.807, 2.05) is 6.20 Å². The monoisotopic (exact) mass is 307 g/mol. The Bertz CT molecular complexity index is 740. The van der Waals surface area contributed by atoms with E-state index in [-0.39, 0.29) is 5.41 Å². The highest BCUT2D eigenvalue weighted by molar-refractivity contribution is 5.53. The zero-order chi connectivity index (χ0) is 16.1. The van der Waals surface area contributed by atoms with Gasteiger partial charge in [-0.3, -0.25) is 0 Å². The topological polar surface area (TPSA) is 26.0 Å². The largest absolute Gasteiger partial charge is 0.361 e. The van der Waals surface area contributed by atoms with Crippen LogP contribution in [0.3, 0.4) is 0 Å². The zero-order valence-corrected chi connectivity index (χ0v) is 14.3. The van der Waals surface area contributed by atoms with E-state index in [1.165, 1.54) is 30.4 Å². The van der Waals surface area contributed by atoms with Gasteiger partial charge in [-0.1, -0.05) is 67.9 Å². The summed E-state index contributed by atoms with van der Waals surface area (Å²) >= 11 is 0. The Labute approximate surface area is 138 Å². The first kappa shape index (κ1) is 14.7. The van der Waals surface area contributed by atoms with Crippen LogP contribution in [0.25, 0.3) is 6.08 Å². The number of benzene rings is 1. The number of nitrogens with zero attached hydrogens (tertiary/aromatic N) is 1. The summed E-state index contributed by atoms with van der Waals surface area (Å²) in [7, 11) is 0. The van der Waals surface area contributed by atoms with Crippen LogP contribution < -0.4 is 0 Å². The number of hydrogen-bond donors (Lipinski definition) is 0. The predicted octanol–water partition coefficient (Wildman–Crippen LogP) is 5.40. The molecule has 1 aromatic carbocycles. The number of aromatic nitrogens is 1. The minimum atomic E-state index is 0.0805. The minimum absolute atomic E-state index is 0.0805. The molecule has 2 unspecified atom stereocenters. The SMILES string of the molecule is CC12C/C(=C/c3ccccc3)CCC1C(C)(C)c1oncc1C2. The Morgan fingerprint density at radius 2 is 1.91 bits per heavy atom. The fourth-order valence-electron chi connectivity index (χ4n) is 5.24. The summed E-state index contributed by atoms with van der Waals surface area (Å²) in [5, 5.41) is 4.09. The van der Waals surface area contributed by atoms with Crippen LogP contribution in [-0.4, -0.2) is 5.16 Å². The van der Waals surface area contributed by atoms with Crippen molar-refractivity contribution >= 4 is 6.08 Å². The van der Waals surface area contributed by atoms with Crippen LogP contribution in [0.4, 0.5) is 0 Å². The summed E-state index contributed by atoms with van der Waals surface area (Å²) in [6, 6.07) is 10.7. The molecular weight excluding hydrogens is 282 g/mol. The summed E-state index contributed by atoms with van der Waals surface area (Å²) in [4.78, 5) is 0. The van der Waals surface area contributed by atoms with Gasteiger partial charge < -0.3 is 4.52 Å². The average Bonchev–Trinajstić information content (AvgIpc) is 2.96. The highest BCUT2D eigenvalue weighted by atomic mass is 16.5. The Hall–Kier alpha value is -1.83. The van der Waals surface area contributed by atoms with Gasteiger partial charge in [0.2, 0.25) is 0 Å². The van der Waals surface area contributed by atoms with Crippen LogP contribution in [-0.2, 0) is 11.8 Å². The summed E-state index contributed by atoms with van der Waals surface area (Å²) in [5.74, 6) is 1.78. The van der Waals surface area contributed by atoms with Gasteiger partial charge in [0.15, 0.2) is 0 Å². The first-order valence-corrected chi connectivity index (χ1v) is 8.67. The highest BCUT2D eigenvalue weighted by Crippen LogP contribution is 2.57. The quantitative estimate of drug-likeness (QED) is 0.705. The van der Waals surface area contributed by atoms with Crippen molar-refractivity contribution in [2.45, 2.75) is 51.9 Å². The number of hydrogen-bond acceptors (Lipinski definition) is 2. The van der Waals surface area contributed by atoms with E-state index in [0.717, 1.165) is 12.2 Å². The maximum atomic E-state index is 5.62. The summed E-state index contributed by atoms with van der Waals surface area (Å²) in [6.45, 7) is 7.14. The van der Waals surface area contributed by atoms with E-state index in [1.54, 1.807) is 5.57 Å². The van der Waals surface area contributed by atoms with Crippen molar-refractivity contribution in [3.05, 3.63) is 59.0 Å². The average molecular weight is 307 g/mol. The molecule has 0 aliphatic heterocycles. The molecule has 4 rings (SSSR count). The van der Waals surface area contributed by atoms with Gasteiger partial charge in [0.1, 0.15) is 5.76 Å². The standard InChI is InChI=1S/C21H25NO/c1-20(2)18-10-9-16(11-15-7-5-4-6-8-15)12-21(18,3)13-17-14-22-23-19(17)20/h4-8,11,14,18H,9-10,12-13H2,1-3H3/b16-11+. The van der Waals surface area contributed by atoms with Crippen LogP contribution in [0.5, 0.6) is 0 Å². The summed E-state index contributed by atoms with van der Waals surface area (Å²) in [5.41, 5.74) is 4.61. The van der Waals surface area contributed by atoms with Crippen molar-refractivity contribution in [2.24, 2.45) is 11.3 Å². The minimum Gasteiger partial charge on any atom is -0.361 e. The van der Waals surface area contributed by atoms with E-state index in [2.05, 4.69) is 62.3 Å². The first-order valence-electron chi connectivity index (χ1n) is 8.67. The fraction of sp³-hybridized carbons (Fsp3) is 0.476.